The van der Waals surface area contributed by atoms with Gasteiger partial charge in [-0.15, -0.1) is 0 Å². The van der Waals surface area contributed by atoms with Gasteiger partial charge in [0.05, 0.1) is 11.3 Å². The molecular formula is C37H41N7O6S. The summed E-state index contributed by atoms with van der Waals surface area (Å²) >= 11 is 0. The molecule has 0 saturated heterocycles. The number of nitrogens with two attached hydrogens (primary N) is 2. The van der Waals surface area contributed by atoms with E-state index in [1.165, 1.54) is 24.3 Å². The number of carboxylic acids is 1. The summed E-state index contributed by atoms with van der Waals surface area (Å²) in [7, 11) is -4.17. The summed E-state index contributed by atoms with van der Waals surface area (Å²) in [6, 6.07) is 26.1. The zero-order chi connectivity index (χ0) is 37.0. The lowest BCUT2D eigenvalue weighted by atomic mass is 10.0. The Kier molecular flexibility index (Phi) is 13.2. The smallest absolute Gasteiger partial charge is 0.335 e. The Morgan fingerprint density at radius 2 is 1.29 bits per heavy atom. The van der Waals surface area contributed by atoms with Crippen molar-refractivity contribution < 1.29 is 27.9 Å². The van der Waals surface area contributed by atoms with Crippen LogP contribution in [0.1, 0.15) is 56.6 Å². The van der Waals surface area contributed by atoms with Crippen molar-refractivity contribution in [3.63, 3.8) is 0 Å². The number of hydrogen-bond acceptors (Lipinski definition) is 7. The molecule has 51 heavy (non-hydrogen) atoms. The minimum Gasteiger partial charge on any atom is -0.478 e. The molecule has 4 aromatic rings. The number of carboxylic acid groups (broad SMARTS) is 1. The number of hydrogen-bond donors (Lipinski definition) is 8. The average molecular weight is 712 g/mol. The van der Waals surface area contributed by atoms with E-state index in [1.807, 2.05) is 30.3 Å². The zero-order valence-electron chi connectivity index (χ0n) is 27.8. The first-order valence-electron chi connectivity index (χ1n) is 16.1. The van der Waals surface area contributed by atoms with Crippen molar-refractivity contribution in [2.24, 2.45) is 11.5 Å². The quantitative estimate of drug-likeness (QED) is 0.0562. The van der Waals surface area contributed by atoms with Crippen LogP contribution in [0.5, 0.6) is 0 Å². The molecular weight excluding hydrogens is 671 g/mol. The van der Waals surface area contributed by atoms with Crippen molar-refractivity contribution in [3.8, 4) is 0 Å². The van der Waals surface area contributed by atoms with Gasteiger partial charge in [0.2, 0.25) is 21.8 Å². The molecule has 0 bridgehead atoms. The summed E-state index contributed by atoms with van der Waals surface area (Å²) < 4.78 is 29.3. The highest BCUT2D eigenvalue weighted by Gasteiger charge is 2.29. The van der Waals surface area contributed by atoms with E-state index < -0.39 is 45.6 Å². The third-order valence-corrected chi connectivity index (χ3v) is 9.37. The highest BCUT2D eigenvalue weighted by atomic mass is 32.2. The van der Waals surface area contributed by atoms with Crippen molar-refractivity contribution >= 4 is 39.5 Å². The van der Waals surface area contributed by atoms with Crippen LogP contribution >= 0.6 is 0 Å². The van der Waals surface area contributed by atoms with Crippen LogP contribution in [0.2, 0.25) is 0 Å². The Labute approximate surface area is 296 Å². The number of nitrogen functional groups attached to an aromatic ring is 2. The van der Waals surface area contributed by atoms with Gasteiger partial charge in [0.15, 0.2) is 0 Å². The minimum absolute atomic E-state index is 0.00737. The summed E-state index contributed by atoms with van der Waals surface area (Å²) in [5.41, 5.74) is 14.7. The summed E-state index contributed by atoms with van der Waals surface area (Å²) in [4.78, 5) is 39.0. The molecule has 0 saturated carbocycles. The standard InChI is InChI=1S/C37H41N7O6S/c38-33(39)28-17-15-25(16-18-28)22-42-35(45)32(21-26-10-4-12-29(19-26)34(40)41)43-36(46)31(14-6-9-24-7-2-1-3-8-24)44-51(49,50)23-27-11-5-13-30(20-27)37(47)48/h1-5,7-8,10-13,15-20,31-32,44H,6,9,14,21-23H2,(H3,38,39)(H3,40,41)(H,42,45)(H,43,46)(H,47,48)/t31-,32+/m1/s1. The Balaban J connectivity index is 1.57. The lowest BCUT2D eigenvalue weighted by Gasteiger charge is -2.24. The molecule has 10 N–H and O–H groups in total. The molecule has 4 rings (SSSR count). The number of benzene rings is 4. The number of carbonyl (C=O) groups is 3. The molecule has 14 heteroatoms. The summed E-state index contributed by atoms with van der Waals surface area (Å²) in [6.07, 6.45) is 1.11. The second-order valence-electron chi connectivity index (χ2n) is 12.0. The Morgan fingerprint density at radius 1 is 0.686 bits per heavy atom. The highest BCUT2D eigenvalue weighted by molar-refractivity contribution is 7.88. The summed E-state index contributed by atoms with van der Waals surface area (Å²) in [5, 5.41) is 30.3. The molecule has 0 spiro atoms. The van der Waals surface area contributed by atoms with Gasteiger partial charge in [0.1, 0.15) is 23.8 Å². The highest BCUT2D eigenvalue weighted by Crippen LogP contribution is 2.14. The molecule has 0 aliphatic carbocycles. The van der Waals surface area contributed by atoms with Gasteiger partial charge in [-0.1, -0.05) is 84.9 Å². The molecule has 2 atom stereocenters. The molecule has 0 radical (unpaired) electrons. The summed E-state index contributed by atoms with van der Waals surface area (Å²) in [5.74, 6) is -3.29. The van der Waals surface area contributed by atoms with E-state index in [9.17, 15) is 27.9 Å². The number of amidine groups is 2. The minimum atomic E-state index is -4.17. The van der Waals surface area contributed by atoms with Crippen molar-refractivity contribution in [2.75, 3.05) is 0 Å². The average Bonchev–Trinajstić information content (AvgIpc) is 3.10. The van der Waals surface area contributed by atoms with E-state index in [2.05, 4.69) is 15.4 Å². The fraction of sp³-hybridized carbons (Fsp3) is 0.216. The molecule has 0 heterocycles. The Morgan fingerprint density at radius 3 is 1.94 bits per heavy atom. The van der Waals surface area contributed by atoms with Crippen LogP contribution in [0, 0.1) is 10.8 Å². The first kappa shape index (κ1) is 38.0. The Hall–Kier alpha value is -5.86. The van der Waals surface area contributed by atoms with Crippen LogP contribution < -0.4 is 26.8 Å². The largest absolute Gasteiger partial charge is 0.478 e. The lowest BCUT2D eigenvalue weighted by molar-refractivity contribution is -0.130. The molecule has 4 aromatic carbocycles. The molecule has 2 amide bonds. The van der Waals surface area contributed by atoms with E-state index in [0.717, 1.165) is 11.1 Å². The van der Waals surface area contributed by atoms with Crippen molar-refractivity contribution in [2.45, 2.75) is 50.1 Å². The zero-order valence-corrected chi connectivity index (χ0v) is 28.6. The second-order valence-corrected chi connectivity index (χ2v) is 13.8. The first-order valence-corrected chi connectivity index (χ1v) is 17.8. The number of amides is 2. The van der Waals surface area contributed by atoms with E-state index in [4.69, 9.17) is 22.3 Å². The van der Waals surface area contributed by atoms with E-state index in [-0.39, 0.29) is 42.2 Å². The van der Waals surface area contributed by atoms with E-state index in [0.29, 0.717) is 29.5 Å². The van der Waals surface area contributed by atoms with Gasteiger partial charge in [-0.25, -0.2) is 17.9 Å². The predicted molar refractivity (Wildman–Crippen MR) is 195 cm³/mol. The van der Waals surface area contributed by atoms with Gasteiger partial charge in [-0.3, -0.25) is 20.4 Å². The second kappa shape index (κ2) is 17.7. The third-order valence-electron chi connectivity index (χ3n) is 8.01. The van der Waals surface area contributed by atoms with E-state index >= 15 is 0 Å². The van der Waals surface area contributed by atoms with Crippen molar-refractivity contribution in [3.05, 3.63) is 142 Å². The van der Waals surface area contributed by atoms with Crippen LogP contribution in [-0.4, -0.2) is 55.1 Å². The van der Waals surface area contributed by atoms with Gasteiger partial charge in [0, 0.05) is 24.1 Å². The van der Waals surface area contributed by atoms with Crippen molar-refractivity contribution in [1.82, 2.24) is 15.4 Å². The molecule has 0 fully saturated rings. The van der Waals surface area contributed by atoms with Crippen LogP contribution in [0.4, 0.5) is 0 Å². The number of carbonyl (C=O) groups excluding carboxylic acids is 2. The number of rotatable bonds is 18. The number of aromatic carboxylic acids is 1. The van der Waals surface area contributed by atoms with Gasteiger partial charge >= 0.3 is 5.97 Å². The van der Waals surface area contributed by atoms with Crippen molar-refractivity contribution in [1.29, 1.82) is 10.8 Å². The maximum Gasteiger partial charge on any atom is 0.335 e. The number of sulfonamides is 1. The van der Waals surface area contributed by atoms with Crippen LogP contribution in [0.3, 0.4) is 0 Å². The first-order chi connectivity index (χ1) is 24.3. The van der Waals surface area contributed by atoms with Gasteiger partial charge < -0.3 is 27.2 Å². The monoisotopic (exact) mass is 711 g/mol. The fourth-order valence-corrected chi connectivity index (χ4v) is 6.73. The molecule has 0 aromatic heterocycles. The Bertz CT molecular complexity index is 1990. The molecule has 0 unspecified atom stereocenters. The molecule has 0 aliphatic rings. The SMILES string of the molecule is N=C(N)c1ccc(CNC(=O)[C@H](Cc2cccc(C(=N)N)c2)NC(=O)[C@@H](CCCc2ccccc2)NS(=O)(=O)Cc2cccc(C(=O)O)c2)cc1. The van der Waals surface area contributed by atoms with Crippen LogP contribution in [0.25, 0.3) is 0 Å². The third kappa shape index (κ3) is 11.9. The molecule has 0 aliphatic heterocycles. The maximum atomic E-state index is 13.9. The molecule has 266 valence electrons. The van der Waals surface area contributed by atoms with E-state index in [1.54, 1.807) is 48.5 Å². The van der Waals surface area contributed by atoms with Crippen LogP contribution in [-0.2, 0) is 44.8 Å². The van der Waals surface area contributed by atoms with Crippen LogP contribution in [0.15, 0.2) is 103 Å². The van der Waals surface area contributed by atoms with Gasteiger partial charge in [0.25, 0.3) is 0 Å². The number of aryl methyl sites for hydroxylation is 1. The van der Waals surface area contributed by atoms with Gasteiger partial charge in [-0.2, -0.15) is 0 Å². The molecule has 13 nitrogen and oxygen atoms in total. The fourth-order valence-electron chi connectivity index (χ4n) is 5.37. The topological polar surface area (TPSA) is 241 Å². The lowest BCUT2D eigenvalue weighted by Crippen LogP contribution is -2.54. The maximum absolute atomic E-state index is 13.9. The summed E-state index contributed by atoms with van der Waals surface area (Å²) in [6.45, 7) is 0.0966. The predicted octanol–water partition coefficient (Wildman–Crippen LogP) is 2.81. The van der Waals surface area contributed by atoms with Gasteiger partial charge in [-0.05, 0) is 59.7 Å². The normalized spacial score (nSPS) is 12.3. The number of nitrogens with one attached hydrogen (secondary N) is 5.